The van der Waals surface area contributed by atoms with E-state index < -0.39 is 18.0 Å². The minimum absolute atomic E-state index is 0.323. The Labute approximate surface area is 148 Å². The van der Waals surface area contributed by atoms with Crippen molar-refractivity contribution in [3.63, 3.8) is 0 Å². The summed E-state index contributed by atoms with van der Waals surface area (Å²) in [5.41, 5.74) is 1.59. The number of carbonyl (C=O) groups is 2. The number of nitrogens with zero attached hydrogens (tertiary/aromatic N) is 3. The molecular formula is C17H17N3O4S. The summed E-state index contributed by atoms with van der Waals surface area (Å²) >= 11 is 1.53. The average molecular weight is 359 g/mol. The van der Waals surface area contributed by atoms with Crippen LogP contribution in [-0.4, -0.2) is 39.9 Å². The highest BCUT2D eigenvalue weighted by Gasteiger charge is 2.23. The van der Waals surface area contributed by atoms with Gasteiger partial charge < -0.3 is 9.47 Å². The molecule has 3 aromatic heterocycles. The van der Waals surface area contributed by atoms with Gasteiger partial charge in [0.25, 0.3) is 0 Å². The maximum absolute atomic E-state index is 12.6. The molecule has 0 aliphatic rings. The van der Waals surface area contributed by atoms with Gasteiger partial charge in [0, 0.05) is 6.54 Å². The summed E-state index contributed by atoms with van der Waals surface area (Å²) in [4.78, 5) is 29.7. The van der Waals surface area contributed by atoms with E-state index in [-0.39, 0.29) is 0 Å². The molecule has 0 aliphatic carbocycles. The first-order valence-electron chi connectivity index (χ1n) is 7.74. The lowest BCUT2D eigenvalue weighted by Crippen LogP contribution is -2.25. The van der Waals surface area contributed by atoms with Crippen LogP contribution in [0, 0.1) is 0 Å². The molecule has 1 unspecified atom stereocenters. The van der Waals surface area contributed by atoms with Gasteiger partial charge in [0.05, 0.1) is 34.8 Å². The molecule has 0 amide bonds. The highest BCUT2D eigenvalue weighted by atomic mass is 32.1. The third-order valence-electron chi connectivity index (χ3n) is 3.72. The van der Waals surface area contributed by atoms with Gasteiger partial charge in [0.2, 0.25) is 0 Å². The summed E-state index contributed by atoms with van der Waals surface area (Å²) in [5, 5.41) is 6.80. The second kappa shape index (κ2) is 7.02. The predicted molar refractivity (Wildman–Crippen MR) is 93.4 cm³/mol. The Morgan fingerprint density at radius 3 is 2.84 bits per heavy atom. The number of ether oxygens (including phenoxy) is 2. The monoisotopic (exact) mass is 359 g/mol. The number of fused-ring (bicyclic) bond motifs is 1. The van der Waals surface area contributed by atoms with E-state index in [1.807, 2.05) is 24.4 Å². The lowest BCUT2D eigenvalue weighted by molar-refractivity contribution is -0.149. The van der Waals surface area contributed by atoms with Crippen LogP contribution in [0.4, 0.5) is 0 Å². The van der Waals surface area contributed by atoms with Crippen molar-refractivity contribution in [1.29, 1.82) is 0 Å². The Kier molecular flexibility index (Phi) is 4.80. The standard InChI is InChI=1S/C17H17N3O4S/c1-4-20-15-12(9-18-20)11(17(22)24-10(2)16(21)23-3)8-13(19-15)14-6-5-7-25-14/h5-10H,4H2,1-3H3. The van der Waals surface area contributed by atoms with Crippen molar-refractivity contribution >= 4 is 34.3 Å². The summed E-state index contributed by atoms with van der Waals surface area (Å²) in [6.07, 6.45) is 0.593. The van der Waals surface area contributed by atoms with Gasteiger partial charge in [0.15, 0.2) is 11.8 Å². The summed E-state index contributed by atoms with van der Waals surface area (Å²) < 4.78 is 11.5. The Bertz CT molecular complexity index is 918. The number of esters is 2. The molecule has 8 heteroatoms. The second-order valence-electron chi connectivity index (χ2n) is 5.30. The van der Waals surface area contributed by atoms with Gasteiger partial charge in [-0.25, -0.2) is 19.3 Å². The predicted octanol–water partition coefficient (Wildman–Crippen LogP) is 2.90. The Morgan fingerprint density at radius 1 is 1.40 bits per heavy atom. The average Bonchev–Trinajstić information content (AvgIpc) is 3.29. The normalized spacial score (nSPS) is 12.1. The molecule has 0 saturated carbocycles. The van der Waals surface area contributed by atoms with E-state index in [0.29, 0.717) is 28.8 Å². The molecule has 0 aromatic carbocycles. The van der Waals surface area contributed by atoms with Crippen molar-refractivity contribution < 1.29 is 19.1 Å². The van der Waals surface area contributed by atoms with Gasteiger partial charge in [-0.05, 0) is 31.4 Å². The fourth-order valence-corrected chi connectivity index (χ4v) is 3.12. The smallest absolute Gasteiger partial charge is 0.346 e. The van der Waals surface area contributed by atoms with Crippen molar-refractivity contribution in [2.24, 2.45) is 0 Å². The van der Waals surface area contributed by atoms with Crippen molar-refractivity contribution in [3.8, 4) is 10.6 Å². The first-order chi connectivity index (χ1) is 12.0. The minimum atomic E-state index is -0.993. The van der Waals surface area contributed by atoms with Crippen molar-refractivity contribution in [2.75, 3.05) is 7.11 Å². The molecule has 7 nitrogen and oxygen atoms in total. The van der Waals surface area contributed by atoms with Crippen molar-refractivity contribution in [1.82, 2.24) is 14.8 Å². The number of aromatic nitrogens is 3. The third kappa shape index (κ3) is 3.25. The number of carbonyl (C=O) groups excluding carboxylic acids is 2. The van der Waals surface area contributed by atoms with E-state index in [2.05, 4.69) is 14.8 Å². The lowest BCUT2D eigenvalue weighted by atomic mass is 10.1. The zero-order valence-electron chi connectivity index (χ0n) is 14.1. The number of hydrogen-bond acceptors (Lipinski definition) is 7. The molecule has 0 radical (unpaired) electrons. The molecule has 0 N–H and O–H groups in total. The molecule has 130 valence electrons. The van der Waals surface area contributed by atoms with Gasteiger partial charge >= 0.3 is 11.9 Å². The van der Waals surface area contributed by atoms with E-state index >= 15 is 0 Å². The van der Waals surface area contributed by atoms with E-state index in [9.17, 15) is 9.59 Å². The zero-order chi connectivity index (χ0) is 18.0. The fourth-order valence-electron chi connectivity index (χ4n) is 2.44. The summed E-state index contributed by atoms with van der Waals surface area (Å²) in [6.45, 7) is 4.04. The van der Waals surface area contributed by atoms with Gasteiger partial charge in [-0.3, -0.25) is 0 Å². The van der Waals surface area contributed by atoms with E-state index in [4.69, 9.17) is 4.74 Å². The SMILES string of the molecule is CCn1ncc2c(C(=O)OC(C)C(=O)OC)cc(-c3cccs3)nc21. The van der Waals surface area contributed by atoms with Crippen LogP contribution >= 0.6 is 11.3 Å². The first-order valence-corrected chi connectivity index (χ1v) is 8.62. The lowest BCUT2D eigenvalue weighted by Gasteiger charge is -2.12. The summed E-state index contributed by atoms with van der Waals surface area (Å²) in [6, 6.07) is 5.51. The van der Waals surface area contributed by atoms with Crippen LogP contribution in [0.5, 0.6) is 0 Å². The van der Waals surface area contributed by atoms with E-state index in [1.54, 1.807) is 16.9 Å². The van der Waals surface area contributed by atoms with Gasteiger partial charge in [-0.15, -0.1) is 11.3 Å². The fraction of sp³-hybridized carbons (Fsp3) is 0.294. The topological polar surface area (TPSA) is 83.3 Å². The Morgan fingerprint density at radius 2 is 2.20 bits per heavy atom. The minimum Gasteiger partial charge on any atom is -0.466 e. The number of rotatable bonds is 5. The largest absolute Gasteiger partial charge is 0.466 e. The summed E-state index contributed by atoms with van der Waals surface area (Å²) in [7, 11) is 1.25. The maximum atomic E-state index is 12.6. The van der Waals surface area contributed by atoms with E-state index in [0.717, 1.165) is 4.88 Å². The van der Waals surface area contributed by atoms with Gasteiger partial charge in [-0.1, -0.05) is 6.07 Å². The second-order valence-corrected chi connectivity index (χ2v) is 6.25. The number of methoxy groups -OCH3 is 1. The van der Waals surface area contributed by atoms with Crippen molar-refractivity contribution in [2.45, 2.75) is 26.5 Å². The quantitative estimate of drug-likeness (QED) is 0.651. The highest BCUT2D eigenvalue weighted by molar-refractivity contribution is 7.13. The van der Waals surface area contributed by atoms with Crippen LogP contribution in [0.1, 0.15) is 24.2 Å². The van der Waals surface area contributed by atoms with Gasteiger partial charge in [-0.2, -0.15) is 5.10 Å². The number of pyridine rings is 1. The molecule has 0 fully saturated rings. The van der Waals surface area contributed by atoms with Crippen LogP contribution in [0.2, 0.25) is 0 Å². The third-order valence-corrected chi connectivity index (χ3v) is 4.61. The number of thiophene rings is 1. The van der Waals surface area contributed by atoms with Crippen LogP contribution in [0.15, 0.2) is 29.8 Å². The van der Waals surface area contributed by atoms with Gasteiger partial charge in [0.1, 0.15) is 0 Å². The first kappa shape index (κ1) is 17.1. The van der Waals surface area contributed by atoms with Crippen LogP contribution in [0.3, 0.4) is 0 Å². The molecular weight excluding hydrogens is 342 g/mol. The van der Waals surface area contributed by atoms with Crippen LogP contribution in [0.25, 0.3) is 21.6 Å². The molecule has 3 rings (SSSR count). The van der Waals surface area contributed by atoms with Crippen LogP contribution < -0.4 is 0 Å². The molecule has 0 spiro atoms. The molecule has 0 aliphatic heterocycles. The molecule has 3 aromatic rings. The molecule has 25 heavy (non-hydrogen) atoms. The maximum Gasteiger partial charge on any atom is 0.346 e. The van der Waals surface area contributed by atoms with Crippen molar-refractivity contribution in [3.05, 3.63) is 35.3 Å². The molecule has 0 bridgehead atoms. The molecule has 0 saturated heterocycles. The zero-order valence-corrected chi connectivity index (χ0v) is 14.9. The highest BCUT2D eigenvalue weighted by Crippen LogP contribution is 2.28. The molecule has 3 heterocycles. The number of hydrogen-bond donors (Lipinski definition) is 0. The van der Waals surface area contributed by atoms with Crippen LogP contribution in [-0.2, 0) is 20.8 Å². The summed E-state index contributed by atoms with van der Waals surface area (Å²) in [5.74, 6) is -1.22. The molecule has 1 atom stereocenters. The Hall–Kier alpha value is -2.74. The Balaban J connectivity index is 2.08. The number of aryl methyl sites for hydroxylation is 1. The van der Waals surface area contributed by atoms with E-state index in [1.165, 1.54) is 25.4 Å².